The second kappa shape index (κ2) is 14.6. The van der Waals surface area contributed by atoms with E-state index in [1.807, 2.05) is 97.1 Å². The van der Waals surface area contributed by atoms with Crippen molar-refractivity contribution in [1.29, 1.82) is 0 Å². The number of allylic oxidation sites excluding steroid dienone is 1. The topological polar surface area (TPSA) is 156 Å². The number of nitrogens with zero attached hydrogens (tertiary/aromatic N) is 5. The Hall–Kier alpha value is -5.66. The SMILES string of the molecule is C[C@H]1NC(=O)CC/C=C\CN(Cn2nnc3ccccc32)C(=O)[C@@H]2N([C@@H](CO)Cc3ccccc3)C(=O)[C@H]3[C@H](C(=O)O[C@@H]1c1ccccc1)[C@@H]1C=C[C@]23O1. The number of nitrogens with one attached hydrogen (secondary N) is 1. The molecule has 0 aliphatic carbocycles. The molecule has 4 aromatic rings. The summed E-state index contributed by atoms with van der Waals surface area (Å²) < 4.78 is 14.5. The second-order valence-electron chi connectivity index (χ2n) is 14.4. The Bertz CT molecular complexity index is 2100. The lowest BCUT2D eigenvalue weighted by Crippen LogP contribution is -2.59. The Morgan fingerprint density at radius 1 is 0.944 bits per heavy atom. The first-order valence-corrected chi connectivity index (χ1v) is 18.4. The largest absolute Gasteiger partial charge is 0.455 e. The molecule has 2 fully saturated rings. The van der Waals surface area contributed by atoms with Gasteiger partial charge in [-0.3, -0.25) is 19.2 Å². The molecule has 5 heterocycles. The van der Waals surface area contributed by atoms with E-state index in [4.69, 9.17) is 9.47 Å². The van der Waals surface area contributed by atoms with Crippen LogP contribution in [0.3, 0.4) is 0 Å². The minimum absolute atomic E-state index is 0.0131. The van der Waals surface area contributed by atoms with Crippen molar-refractivity contribution in [3.8, 4) is 0 Å². The van der Waals surface area contributed by atoms with Gasteiger partial charge in [0.1, 0.15) is 35.9 Å². The first-order valence-electron chi connectivity index (χ1n) is 18.4. The third kappa shape index (κ3) is 6.26. The third-order valence-corrected chi connectivity index (χ3v) is 11.0. The van der Waals surface area contributed by atoms with Crippen LogP contribution in [0.1, 0.15) is 37.0 Å². The fourth-order valence-electron chi connectivity index (χ4n) is 8.50. The van der Waals surface area contributed by atoms with Gasteiger partial charge in [-0.25, -0.2) is 4.68 Å². The summed E-state index contributed by atoms with van der Waals surface area (Å²) in [6, 6.07) is 23.4. The van der Waals surface area contributed by atoms with Crippen molar-refractivity contribution in [2.45, 2.75) is 68.8 Å². The number of amides is 3. The van der Waals surface area contributed by atoms with Crippen LogP contribution in [0.2, 0.25) is 0 Å². The number of esters is 1. The van der Waals surface area contributed by atoms with E-state index in [9.17, 15) is 19.5 Å². The molecule has 1 spiro atoms. The highest BCUT2D eigenvalue weighted by molar-refractivity contribution is 5.99. The molecule has 0 radical (unpaired) electrons. The van der Waals surface area contributed by atoms with Crippen molar-refractivity contribution in [2.75, 3.05) is 13.2 Å². The van der Waals surface area contributed by atoms with Crippen LogP contribution in [0.4, 0.5) is 0 Å². The zero-order valence-electron chi connectivity index (χ0n) is 29.8. The van der Waals surface area contributed by atoms with Gasteiger partial charge in [-0.1, -0.05) is 102 Å². The fraction of sp³-hybridized carbons (Fsp3) is 0.366. The van der Waals surface area contributed by atoms with E-state index in [1.54, 1.807) is 28.7 Å². The molecular weight excluding hydrogens is 688 g/mol. The molecule has 3 amide bonds. The predicted octanol–water partition coefficient (Wildman–Crippen LogP) is 3.11. The number of hydrogen-bond donors (Lipinski definition) is 2. The lowest BCUT2D eigenvalue weighted by Gasteiger charge is -2.38. The molecule has 0 saturated carbocycles. The number of aromatic nitrogens is 3. The predicted molar refractivity (Wildman–Crippen MR) is 196 cm³/mol. The maximum Gasteiger partial charge on any atom is 0.313 e. The molecule has 2 saturated heterocycles. The quantitative estimate of drug-likeness (QED) is 0.216. The highest BCUT2D eigenvalue weighted by Crippen LogP contribution is 2.56. The summed E-state index contributed by atoms with van der Waals surface area (Å²) in [5.74, 6) is -4.01. The number of carbonyl (C=O) groups is 4. The fourth-order valence-corrected chi connectivity index (χ4v) is 8.50. The Morgan fingerprint density at radius 2 is 1.69 bits per heavy atom. The molecule has 54 heavy (non-hydrogen) atoms. The normalized spacial score (nSPS) is 29.7. The number of rotatable bonds is 7. The lowest BCUT2D eigenvalue weighted by atomic mass is 9.74. The van der Waals surface area contributed by atoms with E-state index >= 15 is 4.79 Å². The summed E-state index contributed by atoms with van der Waals surface area (Å²) in [7, 11) is 0. The maximum absolute atomic E-state index is 15.3. The molecular formula is C41H42N6O7. The molecule has 278 valence electrons. The standard InChI is InChI=1S/C41H42N6O7/c1-26-36(28-15-7-3-8-16-28)53-40(52)34-32-20-21-41(54-32)35(34)38(50)47(29(24-48)23-27-13-5-2-6-14-27)37(41)39(51)45(22-12-4-9-19-33(49)42-26)25-46-31-18-11-10-17-30(31)43-44-46/h2-8,10-18,20-21,26,29,32,34-37,48H,9,19,22-25H2,1H3,(H,42,49)/b12-4-/t26-,29-,32+,34-,35-,36+,37+,41-/m1/s1. The average Bonchev–Trinajstić information content (AvgIpc) is 3.95. The highest BCUT2D eigenvalue weighted by atomic mass is 16.6. The molecule has 13 heteroatoms. The number of benzene rings is 3. The molecule has 0 unspecified atom stereocenters. The van der Waals surface area contributed by atoms with Crippen molar-refractivity contribution in [1.82, 2.24) is 30.1 Å². The Balaban J connectivity index is 1.23. The van der Waals surface area contributed by atoms with Gasteiger partial charge >= 0.3 is 5.97 Å². The van der Waals surface area contributed by atoms with E-state index in [0.29, 0.717) is 23.0 Å². The Kier molecular flexibility index (Phi) is 9.59. The Labute approximate surface area is 312 Å². The van der Waals surface area contributed by atoms with Gasteiger partial charge in [0.25, 0.3) is 5.91 Å². The van der Waals surface area contributed by atoms with Gasteiger partial charge in [0, 0.05) is 13.0 Å². The van der Waals surface area contributed by atoms with Gasteiger partial charge in [0.05, 0.1) is 36.2 Å². The molecule has 1 aromatic heterocycles. The molecule has 4 aliphatic rings. The minimum Gasteiger partial charge on any atom is -0.455 e. The van der Waals surface area contributed by atoms with Crippen molar-refractivity contribution < 1.29 is 33.8 Å². The van der Waals surface area contributed by atoms with Gasteiger partial charge in [0.2, 0.25) is 11.8 Å². The van der Waals surface area contributed by atoms with Crippen LogP contribution in [-0.2, 0) is 41.7 Å². The number of aliphatic hydroxyl groups is 1. The zero-order chi connectivity index (χ0) is 37.4. The van der Waals surface area contributed by atoms with Crippen LogP contribution < -0.4 is 5.32 Å². The van der Waals surface area contributed by atoms with Crippen molar-refractivity contribution >= 4 is 34.7 Å². The van der Waals surface area contributed by atoms with Crippen LogP contribution >= 0.6 is 0 Å². The molecule has 13 nitrogen and oxygen atoms in total. The zero-order valence-corrected chi connectivity index (χ0v) is 29.8. The molecule has 8 rings (SSSR count). The molecule has 3 aromatic carbocycles. The number of ether oxygens (including phenoxy) is 2. The smallest absolute Gasteiger partial charge is 0.313 e. The first-order chi connectivity index (χ1) is 26.3. The van der Waals surface area contributed by atoms with Crippen LogP contribution in [0.5, 0.6) is 0 Å². The van der Waals surface area contributed by atoms with Crippen molar-refractivity contribution in [2.24, 2.45) is 11.8 Å². The number of carbonyl (C=O) groups excluding carboxylic acids is 4. The van der Waals surface area contributed by atoms with E-state index in [2.05, 4.69) is 15.6 Å². The van der Waals surface area contributed by atoms with E-state index in [1.165, 1.54) is 4.90 Å². The summed E-state index contributed by atoms with van der Waals surface area (Å²) in [5, 5.41) is 22.5. The van der Waals surface area contributed by atoms with Gasteiger partial charge < -0.3 is 29.7 Å². The summed E-state index contributed by atoms with van der Waals surface area (Å²) in [4.78, 5) is 60.9. The van der Waals surface area contributed by atoms with E-state index in [0.717, 1.165) is 5.56 Å². The molecule has 4 aliphatic heterocycles. The molecule has 2 N–H and O–H groups in total. The number of para-hydroxylation sites is 1. The first kappa shape index (κ1) is 35.4. The second-order valence-corrected chi connectivity index (χ2v) is 14.4. The maximum atomic E-state index is 15.3. The van der Waals surface area contributed by atoms with Crippen LogP contribution in [0, 0.1) is 11.8 Å². The highest BCUT2D eigenvalue weighted by Gasteiger charge is 2.74. The minimum atomic E-state index is -1.52. The third-order valence-electron chi connectivity index (χ3n) is 11.0. The van der Waals surface area contributed by atoms with Gasteiger partial charge in [-0.15, -0.1) is 5.10 Å². The number of fused-ring (bicyclic) bond motifs is 3. The van der Waals surface area contributed by atoms with Gasteiger partial charge in [0.15, 0.2) is 0 Å². The summed E-state index contributed by atoms with van der Waals surface area (Å²) in [5.41, 5.74) is 1.39. The monoisotopic (exact) mass is 730 g/mol. The molecule has 5 bridgehead atoms. The summed E-state index contributed by atoms with van der Waals surface area (Å²) in [6.07, 6.45) is 6.27. The lowest BCUT2D eigenvalue weighted by molar-refractivity contribution is -0.162. The summed E-state index contributed by atoms with van der Waals surface area (Å²) >= 11 is 0. The van der Waals surface area contributed by atoms with E-state index < -0.39 is 72.2 Å². The van der Waals surface area contributed by atoms with Crippen LogP contribution in [0.25, 0.3) is 11.0 Å². The van der Waals surface area contributed by atoms with Crippen molar-refractivity contribution in [3.05, 3.63) is 120 Å². The van der Waals surface area contributed by atoms with Crippen molar-refractivity contribution in [3.63, 3.8) is 0 Å². The van der Waals surface area contributed by atoms with E-state index in [-0.39, 0.29) is 32.0 Å². The number of hydrogen-bond acceptors (Lipinski definition) is 9. The average molecular weight is 731 g/mol. The number of cyclic esters (lactones) is 1. The van der Waals surface area contributed by atoms with Crippen LogP contribution in [-0.4, -0.2) is 96.6 Å². The number of aliphatic hydroxyl groups excluding tert-OH is 1. The summed E-state index contributed by atoms with van der Waals surface area (Å²) in [6.45, 7) is 1.45. The Morgan fingerprint density at radius 3 is 2.46 bits per heavy atom. The number of likely N-dealkylation sites (tertiary alicyclic amines) is 1. The van der Waals surface area contributed by atoms with Gasteiger partial charge in [-0.2, -0.15) is 0 Å². The molecule has 8 atom stereocenters. The van der Waals surface area contributed by atoms with Crippen LogP contribution in [0.15, 0.2) is 109 Å². The van der Waals surface area contributed by atoms with Gasteiger partial charge in [-0.05, 0) is 43.0 Å².